The van der Waals surface area contributed by atoms with Gasteiger partial charge in [0.05, 0.1) is 18.5 Å². The van der Waals surface area contributed by atoms with Gasteiger partial charge >= 0.3 is 5.97 Å². The van der Waals surface area contributed by atoms with Crippen LogP contribution in [0, 0.1) is 0 Å². The van der Waals surface area contributed by atoms with Crippen molar-refractivity contribution >= 4 is 5.97 Å². The molecule has 1 N–H and O–H groups in total. The van der Waals surface area contributed by atoms with Crippen molar-refractivity contribution in [3.8, 4) is 0 Å². The molecule has 3 atom stereocenters. The predicted octanol–water partition coefficient (Wildman–Crippen LogP) is 3.57. The van der Waals surface area contributed by atoms with Crippen LogP contribution >= 0.6 is 0 Å². The first kappa shape index (κ1) is 16.4. The highest BCUT2D eigenvalue weighted by Gasteiger charge is 2.37. The zero-order valence-corrected chi connectivity index (χ0v) is 14.1. The largest absolute Gasteiger partial charge is 0.480 e. The molecule has 3 unspecified atom stereocenters. The summed E-state index contributed by atoms with van der Waals surface area (Å²) in [5.41, 5.74) is 1.99. The molecule has 1 aromatic heterocycles. The second kappa shape index (κ2) is 7.02. The smallest absolute Gasteiger partial charge is 0.325 e. The van der Waals surface area contributed by atoms with Crippen molar-refractivity contribution in [2.45, 2.75) is 43.9 Å². The second-order valence-corrected chi connectivity index (χ2v) is 6.87. The average molecular weight is 341 g/mol. The standard InChI is InChI=1S/C20H23NO4/c22-20(23)19-16-10-12-24-18(16)9-11-21(19)13-15-7-4-8-17(25-15)14-5-2-1-3-6-14/h1-3,5-6,10,12,15,17,19H,4,7-9,11,13H2,(H,22,23). The molecule has 3 heterocycles. The first-order chi connectivity index (χ1) is 12.2. The lowest BCUT2D eigenvalue weighted by Crippen LogP contribution is -2.44. The van der Waals surface area contributed by atoms with Crippen LogP contribution in [0.15, 0.2) is 47.1 Å². The van der Waals surface area contributed by atoms with Gasteiger partial charge in [0.2, 0.25) is 0 Å². The first-order valence-electron chi connectivity index (χ1n) is 8.96. The molecule has 2 aliphatic rings. The van der Waals surface area contributed by atoms with E-state index in [2.05, 4.69) is 12.1 Å². The van der Waals surface area contributed by atoms with Crippen LogP contribution in [-0.4, -0.2) is 35.2 Å². The van der Waals surface area contributed by atoms with Crippen LogP contribution in [0.2, 0.25) is 0 Å². The van der Waals surface area contributed by atoms with Crippen molar-refractivity contribution in [3.63, 3.8) is 0 Å². The summed E-state index contributed by atoms with van der Waals surface area (Å²) in [5, 5.41) is 9.71. The molecule has 0 radical (unpaired) electrons. The molecule has 0 aliphatic carbocycles. The van der Waals surface area contributed by atoms with Gasteiger partial charge in [0.15, 0.2) is 0 Å². The Morgan fingerprint density at radius 2 is 2.04 bits per heavy atom. The molecule has 0 amide bonds. The van der Waals surface area contributed by atoms with Gasteiger partial charge in [-0.1, -0.05) is 30.3 Å². The van der Waals surface area contributed by atoms with Crippen LogP contribution < -0.4 is 0 Å². The van der Waals surface area contributed by atoms with Crippen molar-refractivity contribution in [2.75, 3.05) is 13.1 Å². The predicted molar refractivity (Wildman–Crippen MR) is 92.3 cm³/mol. The van der Waals surface area contributed by atoms with Gasteiger partial charge in [-0.3, -0.25) is 9.69 Å². The van der Waals surface area contributed by atoms with Gasteiger partial charge in [0.25, 0.3) is 0 Å². The summed E-state index contributed by atoms with van der Waals surface area (Å²) in [5.74, 6) is -0.0202. The zero-order chi connectivity index (χ0) is 17.2. The molecule has 1 aromatic carbocycles. The summed E-state index contributed by atoms with van der Waals surface area (Å²) in [7, 11) is 0. The maximum Gasteiger partial charge on any atom is 0.325 e. The maximum atomic E-state index is 11.8. The van der Waals surface area contributed by atoms with Crippen molar-refractivity contribution in [3.05, 3.63) is 59.5 Å². The summed E-state index contributed by atoms with van der Waals surface area (Å²) in [4.78, 5) is 13.9. The van der Waals surface area contributed by atoms with Crippen LogP contribution in [0.4, 0.5) is 0 Å². The third kappa shape index (κ3) is 3.34. The Morgan fingerprint density at radius 1 is 1.20 bits per heavy atom. The molecule has 25 heavy (non-hydrogen) atoms. The monoisotopic (exact) mass is 341 g/mol. The Morgan fingerprint density at radius 3 is 2.84 bits per heavy atom. The van der Waals surface area contributed by atoms with E-state index in [-0.39, 0.29) is 12.2 Å². The molecule has 1 saturated heterocycles. The number of carbonyl (C=O) groups is 1. The van der Waals surface area contributed by atoms with Crippen LogP contribution in [0.5, 0.6) is 0 Å². The Hall–Kier alpha value is -2.11. The Balaban J connectivity index is 1.47. The van der Waals surface area contributed by atoms with E-state index in [1.54, 1.807) is 12.3 Å². The maximum absolute atomic E-state index is 11.8. The fourth-order valence-corrected chi connectivity index (χ4v) is 4.06. The fraction of sp³-hybridized carbons (Fsp3) is 0.450. The minimum Gasteiger partial charge on any atom is -0.480 e. The molecular weight excluding hydrogens is 318 g/mol. The summed E-state index contributed by atoms with van der Waals surface area (Å²) in [6.07, 6.45) is 5.62. The number of ether oxygens (including phenoxy) is 1. The highest BCUT2D eigenvalue weighted by atomic mass is 16.5. The molecule has 2 aromatic rings. The molecular formula is C20H23NO4. The van der Waals surface area contributed by atoms with Crippen molar-refractivity contribution in [2.24, 2.45) is 0 Å². The Kier molecular flexibility index (Phi) is 4.59. The van der Waals surface area contributed by atoms with Gasteiger partial charge in [-0.15, -0.1) is 0 Å². The summed E-state index contributed by atoms with van der Waals surface area (Å²) in [6.45, 7) is 1.33. The molecule has 5 nitrogen and oxygen atoms in total. The van der Waals surface area contributed by atoms with E-state index in [4.69, 9.17) is 9.15 Å². The minimum atomic E-state index is -0.822. The number of hydrogen-bond donors (Lipinski definition) is 1. The molecule has 4 rings (SSSR count). The Bertz CT molecular complexity index is 726. The number of furan rings is 1. The molecule has 0 saturated carbocycles. The average Bonchev–Trinajstić information content (AvgIpc) is 3.11. The molecule has 5 heteroatoms. The van der Waals surface area contributed by atoms with Crippen LogP contribution in [0.1, 0.15) is 48.3 Å². The van der Waals surface area contributed by atoms with Gasteiger partial charge in [-0.2, -0.15) is 0 Å². The van der Waals surface area contributed by atoms with Gasteiger partial charge in [0.1, 0.15) is 11.8 Å². The third-order valence-electron chi connectivity index (χ3n) is 5.26. The van der Waals surface area contributed by atoms with E-state index >= 15 is 0 Å². The molecule has 0 bridgehead atoms. The topological polar surface area (TPSA) is 62.9 Å². The number of aliphatic carboxylic acids is 1. The lowest BCUT2D eigenvalue weighted by atomic mass is 9.96. The van der Waals surface area contributed by atoms with Crippen LogP contribution in [0.25, 0.3) is 0 Å². The van der Waals surface area contributed by atoms with Gasteiger partial charge in [-0.25, -0.2) is 0 Å². The van der Waals surface area contributed by atoms with Crippen LogP contribution in [0.3, 0.4) is 0 Å². The van der Waals surface area contributed by atoms with Crippen molar-refractivity contribution < 1.29 is 19.1 Å². The SMILES string of the molecule is O=C(O)C1c2ccoc2CCN1CC1CCCC(c2ccccc2)O1. The molecule has 132 valence electrons. The van der Waals surface area contributed by atoms with Crippen molar-refractivity contribution in [1.29, 1.82) is 0 Å². The third-order valence-corrected chi connectivity index (χ3v) is 5.26. The van der Waals surface area contributed by atoms with E-state index < -0.39 is 12.0 Å². The number of benzene rings is 1. The van der Waals surface area contributed by atoms with Crippen LogP contribution in [-0.2, 0) is 16.0 Å². The van der Waals surface area contributed by atoms with E-state index in [0.29, 0.717) is 13.1 Å². The summed E-state index contributed by atoms with van der Waals surface area (Å²) >= 11 is 0. The molecule has 2 aliphatic heterocycles. The van der Waals surface area contributed by atoms with E-state index in [0.717, 1.165) is 37.0 Å². The lowest BCUT2D eigenvalue weighted by molar-refractivity contribution is -0.146. The van der Waals surface area contributed by atoms with Gasteiger partial charge < -0.3 is 14.3 Å². The van der Waals surface area contributed by atoms with Gasteiger partial charge in [0, 0.05) is 25.1 Å². The number of rotatable bonds is 4. The second-order valence-electron chi connectivity index (χ2n) is 6.87. The zero-order valence-electron chi connectivity index (χ0n) is 14.1. The number of carboxylic acid groups (broad SMARTS) is 1. The van der Waals surface area contributed by atoms with E-state index in [1.807, 2.05) is 23.1 Å². The van der Waals surface area contributed by atoms with Gasteiger partial charge in [-0.05, 0) is 30.9 Å². The molecule has 1 fully saturated rings. The highest BCUT2D eigenvalue weighted by molar-refractivity contribution is 5.76. The number of carboxylic acids is 1. The first-order valence-corrected chi connectivity index (χ1v) is 8.96. The normalized spacial score (nSPS) is 27.0. The van der Waals surface area contributed by atoms with E-state index in [1.165, 1.54) is 5.56 Å². The summed E-state index contributed by atoms with van der Waals surface area (Å²) in [6, 6.07) is 11.4. The number of nitrogens with zero attached hydrogens (tertiary/aromatic N) is 1. The quantitative estimate of drug-likeness (QED) is 0.921. The number of fused-ring (bicyclic) bond motifs is 1. The number of hydrogen-bond acceptors (Lipinski definition) is 4. The molecule has 0 spiro atoms. The van der Waals surface area contributed by atoms with E-state index in [9.17, 15) is 9.90 Å². The lowest BCUT2D eigenvalue weighted by Gasteiger charge is -2.38. The fourth-order valence-electron chi connectivity index (χ4n) is 4.06. The minimum absolute atomic E-state index is 0.0641. The summed E-state index contributed by atoms with van der Waals surface area (Å²) < 4.78 is 11.7. The Labute approximate surface area is 147 Å². The van der Waals surface area contributed by atoms with Crippen molar-refractivity contribution in [1.82, 2.24) is 4.90 Å². The highest BCUT2D eigenvalue weighted by Crippen LogP contribution is 2.35.